The van der Waals surface area contributed by atoms with Crippen LogP contribution in [0, 0.1) is 0 Å². The van der Waals surface area contributed by atoms with Crippen molar-refractivity contribution in [2.45, 2.75) is 25.4 Å². The summed E-state index contributed by atoms with van der Waals surface area (Å²) in [5.41, 5.74) is 1.51. The first-order valence-corrected chi connectivity index (χ1v) is 9.55. The van der Waals surface area contributed by atoms with Gasteiger partial charge in [-0.25, -0.2) is 4.98 Å². The molecule has 0 saturated carbocycles. The quantitative estimate of drug-likeness (QED) is 0.640. The molecule has 0 spiro atoms. The van der Waals surface area contributed by atoms with Crippen LogP contribution < -0.4 is 9.47 Å². The van der Waals surface area contributed by atoms with Gasteiger partial charge in [0.05, 0.1) is 11.8 Å². The number of benzene rings is 2. The molecule has 28 heavy (non-hydrogen) atoms. The molecule has 1 N–H and O–H groups in total. The standard InChI is InChI=1S/C23H23NO4/c25-18-14-22(24-23(15-18)27-16-21-8-4-5-13-26-21)17-9-11-20(12-10-17)28-19-6-2-1-3-7-19/h1-3,6-7,9-12,14-15,21H,4-5,8,13,16H2,(H,24,25). The van der Waals surface area contributed by atoms with Crippen molar-refractivity contribution < 1.29 is 19.3 Å². The Kier molecular flexibility index (Phi) is 5.73. The average molecular weight is 377 g/mol. The molecule has 0 amide bonds. The van der Waals surface area contributed by atoms with E-state index in [-0.39, 0.29) is 11.9 Å². The molecule has 2 heterocycles. The van der Waals surface area contributed by atoms with Crippen molar-refractivity contribution in [2.75, 3.05) is 13.2 Å². The first kappa shape index (κ1) is 18.3. The maximum Gasteiger partial charge on any atom is 0.217 e. The number of pyridine rings is 1. The SMILES string of the molecule is Oc1cc(OCC2CCCCO2)nc(-c2ccc(Oc3ccccc3)cc2)c1. The lowest BCUT2D eigenvalue weighted by molar-refractivity contribution is -0.0119. The molecule has 1 saturated heterocycles. The van der Waals surface area contributed by atoms with Gasteiger partial charge in [0, 0.05) is 24.3 Å². The summed E-state index contributed by atoms with van der Waals surface area (Å²) in [6, 6.07) is 20.4. The van der Waals surface area contributed by atoms with Crippen molar-refractivity contribution in [3.63, 3.8) is 0 Å². The molecular weight excluding hydrogens is 354 g/mol. The van der Waals surface area contributed by atoms with E-state index in [2.05, 4.69) is 4.98 Å². The topological polar surface area (TPSA) is 60.8 Å². The predicted octanol–water partition coefficient (Wildman–Crippen LogP) is 5.19. The van der Waals surface area contributed by atoms with Gasteiger partial charge in [-0.1, -0.05) is 18.2 Å². The second-order valence-electron chi connectivity index (χ2n) is 6.79. The van der Waals surface area contributed by atoms with Gasteiger partial charge < -0.3 is 19.3 Å². The van der Waals surface area contributed by atoms with Crippen molar-refractivity contribution in [1.29, 1.82) is 0 Å². The van der Waals surface area contributed by atoms with E-state index in [1.165, 1.54) is 6.07 Å². The van der Waals surface area contributed by atoms with Crippen LogP contribution in [0.1, 0.15) is 19.3 Å². The van der Waals surface area contributed by atoms with Crippen LogP contribution in [0.3, 0.4) is 0 Å². The number of rotatable bonds is 6. The van der Waals surface area contributed by atoms with Crippen LogP contribution in [0.5, 0.6) is 23.1 Å². The Bertz CT molecular complexity index is 890. The monoisotopic (exact) mass is 377 g/mol. The van der Waals surface area contributed by atoms with Gasteiger partial charge in [-0.2, -0.15) is 0 Å². The Morgan fingerprint density at radius 2 is 1.75 bits per heavy atom. The van der Waals surface area contributed by atoms with Crippen LogP contribution in [-0.2, 0) is 4.74 Å². The van der Waals surface area contributed by atoms with Crippen molar-refractivity contribution in [3.05, 3.63) is 66.7 Å². The number of aromatic hydroxyl groups is 1. The van der Waals surface area contributed by atoms with Crippen molar-refractivity contribution in [1.82, 2.24) is 4.98 Å². The van der Waals surface area contributed by atoms with Gasteiger partial charge >= 0.3 is 0 Å². The van der Waals surface area contributed by atoms with Crippen molar-refractivity contribution >= 4 is 0 Å². The minimum atomic E-state index is 0.0933. The third-order valence-electron chi connectivity index (χ3n) is 4.61. The summed E-state index contributed by atoms with van der Waals surface area (Å²) in [5.74, 6) is 2.04. The Labute approximate surface area is 164 Å². The van der Waals surface area contributed by atoms with Gasteiger partial charge in [0.25, 0.3) is 0 Å². The normalized spacial score (nSPS) is 16.5. The fraction of sp³-hybridized carbons (Fsp3) is 0.261. The molecule has 2 aromatic carbocycles. The van der Waals surface area contributed by atoms with E-state index in [9.17, 15) is 5.11 Å². The van der Waals surface area contributed by atoms with Crippen molar-refractivity contribution in [3.8, 4) is 34.4 Å². The fourth-order valence-corrected chi connectivity index (χ4v) is 3.15. The molecule has 5 heteroatoms. The Balaban J connectivity index is 1.45. The second kappa shape index (κ2) is 8.76. The highest BCUT2D eigenvalue weighted by atomic mass is 16.5. The molecule has 0 radical (unpaired) electrons. The largest absolute Gasteiger partial charge is 0.508 e. The maximum absolute atomic E-state index is 10.1. The predicted molar refractivity (Wildman–Crippen MR) is 107 cm³/mol. The summed E-state index contributed by atoms with van der Waals surface area (Å²) in [4.78, 5) is 4.52. The molecule has 1 aliphatic rings. The third kappa shape index (κ3) is 4.81. The van der Waals surface area contributed by atoms with Gasteiger partial charge in [0.2, 0.25) is 5.88 Å². The molecular formula is C23H23NO4. The van der Waals surface area contributed by atoms with Gasteiger partial charge in [-0.3, -0.25) is 0 Å². The molecule has 1 fully saturated rings. The van der Waals surface area contributed by atoms with E-state index in [0.29, 0.717) is 18.2 Å². The zero-order valence-electron chi connectivity index (χ0n) is 15.6. The van der Waals surface area contributed by atoms with Crippen LogP contribution in [0.15, 0.2) is 66.7 Å². The average Bonchev–Trinajstić information content (AvgIpc) is 2.74. The van der Waals surface area contributed by atoms with Crippen LogP contribution in [0.4, 0.5) is 0 Å². The zero-order chi connectivity index (χ0) is 19.2. The molecule has 1 aliphatic heterocycles. The molecule has 1 unspecified atom stereocenters. The molecule has 1 aromatic heterocycles. The van der Waals surface area contributed by atoms with Gasteiger partial charge in [0.1, 0.15) is 23.9 Å². The van der Waals surface area contributed by atoms with Gasteiger partial charge in [-0.05, 0) is 55.7 Å². The molecule has 0 aliphatic carbocycles. The smallest absolute Gasteiger partial charge is 0.217 e. The summed E-state index contributed by atoms with van der Waals surface area (Å²) in [6.45, 7) is 1.23. The van der Waals surface area contributed by atoms with E-state index in [0.717, 1.165) is 42.9 Å². The van der Waals surface area contributed by atoms with E-state index >= 15 is 0 Å². The summed E-state index contributed by atoms with van der Waals surface area (Å²) in [5, 5.41) is 10.1. The van der Waals surface area contributed by atoms with E-state index in [4.69, 9.17) is 14.2 Å². The Hall–Kier alpha value is -3.05. The zero-order valence-corrected chi connectivity index (χ0v) is 15.6. The highest BCUT2D eigenvalue weighted by Crippen LogP contribution is 2.29. The molecule has 3 aromatic rings. The number of ether oxygens (including phenoxy) is 3. The van der Waals surface area contributed by atoms with Crippen molar-refractivity contribution in [2.24, 2.45) is 0 Å². The molecule has 5 nitrogen and oxygen atoms in total. The highest BCUT2D eigenvalue weighted by Gasteiger charge is 2.15. The minimum absolute atomic E-state index is 0.0933. The molecule has 4 rings (SSSR count). The van der Waals surface area contributed by atoms with Crippen LogP contribution in [-0.4, -0.2) is 29.4 Å². The number of nitrogens with zero attached hydrogens (tertiary/aromatic N) is 1. The molecule has 0 bridgehead atoms. The number of hydrogen-bond acceptors (Lipinski definition) is 5. The second-order valence-corrected chi connectivity index (χ2v) is 6.79. The van der Waals surface area contributed by atoms with Crippen LogP contribution >= 0.6 is 0 Å². The lowest BCUT2D eigenvalue weighted by Gasteiger charge is -2.22. The Morgan fingerprint density at radius 1 is 0.964 bits per heavy atom. The van der Waals surface area contributed by atoms with E-state index in [1.807, 2.05) is 54.6 Å². The lowest BCUT2D eigenvalue weighted by Crippen LogP contribution is -2.26. The third-order valence-corrected chi connectivity index (χ3v) is 4.61. The minimum Gasteiger partial charge on any atom is -0.508 e. The van der Waals surface area contributed by atoms with Crippen LogP contribution in [0.25, 0.3) is 11.3 Å². The number of para-hydroxylation sites is 1. The highest BCUT2D eigenvalue weighted by molar-refractivity contribution is 5.62. The summed E-state index contributed by atoms with van der Waals surface area (Å²) < 4.78 is 17.3. The van der Waals surface area contributed by atoms with Gasteiger partial charge in [0.15, 0.2) is 0 Å². The number of hydrogen-bond donors (Lipinski definition) is 1. The lowest BCUT2D eigenvalue weighted by atomic mass is 10.1. The van der Waals surface area contributed by atoms with E-state index < -0.39 is 0 Å². The first-order valence-electron chi connectivity index (χ1n) is 9.55. The molecule has 1 atom stereocenters. The van der Waals surface area contributed by atoms with E-state index in [1.54, 1.807) is 6.07 Å². The summed E-state index contributed by atoms with van der Waals surface area (Å²) >= 11 is 0. The fourth-order valence-electron chi connectivity index (χ4n) is 3.15. The molecule has 144 valence electrons. The first-order chi connectivity index (χ1) is 13.8. The maximum atomic E-state index is 10.1. The summed E-state index contributed by atoms with van der Waals surface area (Å²) in [6.07, 6.45) is 3.35. The Morgan fingerprint density at radius 3 is 2.50 bits per heavy atom. The van der Waals surface area contributed by atoms with Crippen LogP contribution in [0.2, 0.25) is 0 Å². The summed E-state index contributed by atoms with van der Waals surface area (Å²) in [7, 11) is 0. The van der Waals surface area contributed by atoms with Gasteiger partial charge in [-0.15, -0.1) is 0 Å². The number of aromatic nitrogens is 1.